The van der Waals surface area contributed by atoms with Crippen LogP contribution < -0.4 is 14.4 Å². The number of carbonyl (C=O) groups excluding carboxylic acids is 1. The maximum Gasteiger partial charge on any atom is 0.245 e. The van der Waals surface area contributed by atoms with Crippen molar-refractivity contribution in [3.8, 4) is 11.5 Å². The number of hydrogen-bond donors (Lipinski definition) is 0. The second-order valence-corrected chi connectivity index (χ2v) is 6.72. The molecule has 1 amide bonds. The Morgan fingerprint density at radius 1 is 1.12 bits per heavy atom. The molecule has 3 aliphatic heterocycles. The SMILES string of the molecule is CCCN1C(=O)C2(COc3cc4c(cc32)CCO4)c2ccccc21. The topological polar surface area (TPSA) is 38.8 Å². The van der Waals surface area contributed by atoms with E-state index in [2.05, 4.69) is 19.1 Å². The zero-order valence-corrected chi connectivity index (χ0v) is 13.7. The van der Waals surface area contributed by atoms with Crippen LogP contribution in [0, 0.1) is 0 Å². The number of carbonyl (C=O) groups is 1. The van der Waals surface area contributed by atoms with Gasteiger partial charge in [-0.1, -0.05) is 25.1 Å². The lowest BCUT2D eigenvalue weighted by Crippen LogP contribution is -2.42. The Bertz CT molecular complexity index is 860. The quantitative estimate of drug-likeness (QED) is 0.853. The van der Waals surface area contributed by atoms with Gasteiger partial charge in [-0.2, -0.15) is 0 Å². The summed E-state index contributed by atoms with van der Waals surface area (Å²) in [5.41, 5.74) is 3.58. The van der Waals surface area contributed by atoms with Gasteiger partial charge in [0.1, 0.15) is 23.5 Å². The van der Waals surface area contributed by atoms with Crippen molar-refractivity contribution in [3.63, 3.8) is 0 Å². The van der Waals surface area contributed by atoms with Gasteiger partial charge in [0.15, 0.2) is 0 Å². The van der Waals surface area contributed by atoms with Gasteiger partial charge in [-0.25, -0.2) is 0 Å². The van der Waals surface area contributed by atoms with Crippen molar-refractivity contribution < 1.29 is 14.3 Å². The molecular weight excluding hydrogens is 302 g/mol. The molecule has 0 saturated heterocycles. The molecule has 1 atom stereocenters. The van der Waals surface area contributed by atoms with Crippen LogP contribution in [-0.4, -0.2) is 25.7 Å². The second kappa shape index (κ2) is 4.76. The number of hydrogen-bond acceptors (Lipinski definition) is 3. The maximum atomic E-state index is 13.5. The van der Waals surface area contributed by atoms with Gasteiger partial charge in [-0.15, -0.1) is 0 Å². The Morgan fingerprint density at radius 3 is 2.88 bits per heavy atom. The van der Waals surface area contributed by atoms with Gasteiger partial charge >= 0.3 is 0 Å². The van der Waals surface area contributed by atoms with Crippen LogP contribution in [0.5, 0.6) is 11.5 Å². The minimum atomic E-state index is -0.696. The van der Waals surface area contributed by atoms with Crippen molar-refractivity contribution in [1.82, 2.24) is 0 Å². The summed E-state index contributed by atoms with van der Waals surface area (Å²) < 4.78 is 11.6. The molecule has 1 spiro atoms. The number of amides is 1. The number of benzene rings is 2. The molecule has 0 saturated carbocycles. The summed E-state index contributed by atoms with van der Waals surface area (Å²) in [6.07, 6.45) is 1.83. The largest absolute Gasteiger partial charge is 0.493 e. The van der Waals surface area contributed by atoms with Crippen LogP contribution in [0.25, 0.3) is 0 Å². The molecule has 0 bridgehead atoms. The molecule has 24 heavy (non-hydrogen) atoms. The van der Waals surface area contributed by atoms with Gasteiger partial charge in [0.2, 0.25) is 5.91 Å². The highest BCUT2D eigenvalue weighted by molar-refractivity contribution is 6.11. The smallest absolute Gasteiger partial charge is 0.245 e. The van der Waals surface area contributed by atoms with Crippen LogP contribution in [0.3, 0.4) is 0 Å². The monoisotopic (exact) mass is 321 g/mol. The molecule has 0 fully saturated rings. The molecule has 122 valence electrons. The number of fused-ring (bicyclic) bond motifs is 5. The Hall–Kier alpha value is -2.49. The molecule has 2 aromatic rings. The van der Waals surface area contributed by atoms with E-state index >= 15 is 0 Å². The first-order valence-electron chi connectivity index (χ1n) is 8.60. The fourth-order valence-electron chi connectivity index (χ4n) is 4.29. The summed E-state index contributed by atoms with van der Waals surface area (Å²) >= 11 is 0. The van der Waals surface area contributed by atoms with Crippen molar-refractivity contribution in [2.45, 2.75) is 25.2 Å². The third kappa shape index (κ3) is 1.56. The summed E-state index contributed by atoms with van der Waals surface area (Å²) in [5, 5.41) is 0. The average Bonchev–Trinajstić information content (AvgIpc) is 3.27. The van der Waals surface area contributed by atoms with E-state index in [1.807, 2.05) is 29.2 Å². The van der Waals surface area contributed by atoms with E-state index in [0.717, 1.165) is 47.7 Å². The van der Waals surface area contributed by atoms with Crippen LogP contribution in [0.2, 0.25) is 0 Å². The first-order chi connectivity index (χ1) is 11.8. The molecule has 4 heteroatoms. The second-order valence-electron chi connectivity index (χ2n) is 6.72. The predicted octanol–water partition coefficient (Wildman–Crippen LogP) is 3.06. The van der Waals surface area contributed by atoms with E-state index < -0.39 is 5.41 Å². The van der Waals surface area contributed by atoms with Crippen molar-refractivity contribution in [3.05, 3.63) is 53.1 Å². The Labute approximate surface area is 141 Å². The molecular formula is C20H19NO3. The zero-order chi connectivity index (χ0) is 16.3. The molecule has 0 radical (unpaired) electrons. The first kappa shape index (κ1) is 13.9. The van der Waals surface area contributed by atoms with Gasteiger partial charge in [0.05, 0.1) is 6.61 Å². The fourth-order valence-corrected chi connectivity index (χ4v) is 4.29. The summed E-state index contributed by atoms with van der Waals surface area (Å²) in [4.78, 5) is 15.4. The zero-order valence-electron chi connectivity index (χ0n) is 13.7. The molecule has 4 nitrogen and oxygen atoms in total. The van der Waals surface area contributed by atoms with Gasteiger partial charge < -0.3 is 14.4 Å². The van der Waals surface area contributed by atoms with E-state index in [1.54, 1.807) is 0 Å². The number of para-hydroxylation sites is 1. The lowest BCUT2D eigenvalue weighted by Gasteiger charge is -2.23. The van der Waals surface area contributed by atoms with Crippen molar-refractivity contribution in [1.29, 1.82) is 0 Å². The maximum absolute atomic E-state index is 13.5. The fraction of sp³-hybridized carbons (Fsp3) is 0.350. The molecule has 3 aliphatic rings. The minimum Gasteiger partial charge on any atom is -0.493 e. The van der Waals surface area contributed by atoms with E-state index in [-0.39, 0.29) is 5.91 Å². The normalized spacial score (nSPS) is 23.0. The molecule has 0 aliphatic carbocycles. The molecule has 1 unspecified atom stereocenters. The minimum absolute atomic E-state index is 0.142. The number of anilines is 1. The molecule has 5 rings (SSSR count). The highest BCUT2D eigenvalue weighted by Gasteiger charge is 2.56. The van der Waals surface area contributed by atoms with E-state index in [1.165, 1.54) is 5.56 Å². The third-order valence-corrected chi connectivity index (χ3v) is 5.41. The van der Waals surface area contributed by atoms with Crippen molar-refractivity contribution in [2.24, 2.45) is 0 Å². The summed E-state index contributed by atoms with van der Waals surface area (Å²) in [6, 6.07) is 12.2. The molecule has 0 N–H and O–H groups in total. The van der Waals surface area contributed by atoms with Crippen molar-refractivity contribution >= 4 is 11.6 Å². The van der Waals surface area contributed by atoms with Crippen LogP contribution >= 0.6 is 0 Å². The van der Waals surface area contributed by atoms with Gasteiger partial charge in [0.25, 0.3) is 0 Å². The highest BCUT2D eigenvalue weighted by Crippen LogP contribution is 2.53. The Morgan fingerprint density at radius 2 is 2.00 bits per heavy atom. The third-order valence-electron chi connectivity index (χ3n) is 5.41. The van der Waals surface area contributed by atoms with E-state index in [4.69, 9.17) is 9.47 Å². The first-order valence-corrected chi connectivity index (χ1v) is 8.60. The van der Waals surface area contributed by atoms with Crippen LogP contribution in [0.4, 0.5) is 5.69 Å². The van der Waals surface area contributed by atoms with Crippen LogP contribution in [0.15, 0.2) is 36.4 Å². The van der Waals surface area contributed by atoms with Crippen LogP contribution in [-0.2, 0) is 16.6 Å². The Kier molecular flexibility index (Phi) is 2.76. The standard InChI is InChI=1S/C20H19NO3/c1-2-8-21-16-6-4-3-5-14(16)20(19(21)22)12-24-18-11-17-13(7-9-23-17)10-15(18)20/h3-6,10-11H,2,7-9,12H2,1H3. The number of rotatable bonds is 2. The molecule has 3 heterocycles. The van der Waals surface area contributed by atoms with Gasteiger partial charge in [-0.05, 0) is 29.7 Å². The molecule has 0 aromatic heterocycles. The summed E-state index contributed by atoms with van der Waals surface area (Å²) in [7, 11) is 0. The van der Waals surface area contributed by atoms with E-state index in [0.29, 0.717) is 13.2 Å². The highest BCUT2D eigenvalue weighted by atomic mass is 16.5. The van der Waals surface area contributed by atoms with E-state index in [9.17, 15) is 4.79 Å². The van der Waals surface area contributed by atoms with Crippen LogP contribution in [0.1, 0.15) is 30.0 Å². The lowest BCUT2D eigenvalue weighted by atomic mass is 9.76. The predicted molar refractivity (Wildman–Crippen MR) is 91.0 cm³/mol. The summed E-state index contributed by atoms with van der Waals surface area (Å²) in [6.45, 7) is 3.92. The average molecular weight is 321 g/mol. The Balaban J connectivity index is 1.74. The van der Waals surface area contributed by atoms with Gasteiger partial charge in [-0.3, -0.25) is 4.79 Å². The number of nitrogens with zero attached hydrogens (tertiary/aromatic N) is 1. The molecule has 2 aromatic carbocycles. The van der Waals surface area contributed by atoms with Crippen molar-refractivity contribution in [2.75, 3.05) is 24.7 Å². The summed E-state index contributed by atoms with van der Waals surface area (Å²) in [5.74, 6) is 1.83. The number of ether oxygens (including phenoxy) is 2. The van der Waals surface area contributed by atoms with Gasteiger partial charge in [0, 0.05) is 30.3 Å². The lowest BCUT2D eigenvalue weighted by molar-refractivity contribution is -0.122.